The molecule has 15 heavy (non-hydrogen) atoms. The van der Waals surface area contributed by atoms with Crippen LogP contribution in [0.3, 0.4) is 0 Å². The van der Waals surface area contributed by atoms with Crippen LogP contribution in [-0.4, -0.2) is 27.0 Å². The third-order valence-electron chi connectivity index (χ3n) is 1.96. The van der Waals surface area contributed by atoms with E-state index in [1.54, 1.807) is 0 Å². The Kier molecular flexibility index (Phi) is 5.21. The first-order chi connectivity index (χ1) is 6.56. The van der Waals surface area contributed by atoms with Crippen LogP contribution < -0.4 is 5.73 Å². The molecule has 1 aromatic rings. The van der Waals surface area contributed by atoms with Crippen molar-refractivity contribution in [1.29, 1.82) is 0 Å². The second-order valence-electron chi connectivity index (χ2n) is 3.03. The average molecular weight is 236 g/mol. The van der Waals surface area contributed by atoms with Crippen molar-refractivity contribution in [3.8, 4) is 17.2 Å². The van der Waals surface area contributed by atoms with Gasteiger partial charge in [0.15, 0.2) is 17.2 Å². The number of aromatic hydroxyl groups is 3. The van der Waals surface area contributed by atoms with Crippen LogP contribution in [0.1, 0.15) is 18.0 Å². The highest BCUT2D eigenvalue weighted by Crippen LogP contribution is 2.37. The fourth-order valence-corrected chi connectivity index (χ4v) is 1.15. The summed E-state index contributed by atoms with van der Waals surface area (Å²) < 4.78 is 0. The summed E-state index contributed by atoms with van der Waals surface area (Å²) in [6.45, 7) is -0.0798. The molecule has 0 aliphatic rings. The van der Waals surface area contributed by atoms with Crippen LogP contribution in [0.15, 0.2) is 12.1 Å². The molecule has 0 saturated heterocycles. The maximum absolute atomic E-state index is 9.17. The van der Waals surface area contributed by atoms with Crippen molar-refractivity contribution >= 4 is 12.4 Å². The molecule has 86 valence electrons. The highest BCUT2D eigenvalue weighted by Gasteiger charge is 2.12. The molecule has 1 aromatic carbocycles. The highest BCUT2D eigenvalue weighted by molar-refractivity contribution is 5.85. The topological polar surface area (TPSA) is 107 Å². The minimum Gasteiger partial charge on any atom is -0.504 e. The fourth-order valence-electron chi connectivity index (χ4n) is 1.15. The number of halogens is 1. The third kappa shape index (κ3) is 3.16. The molecule has 0 aromatic heterocycles. The quantitative estimate of drug-likeness (QED) is 0.494. The maximum Gasteiger partial charge on any atom is 0.200 e. The predicted molar refractivity (Wildman–Crippen MR) is 57.3 cm³/mol. The molecule has 1 rings (SSSR count). The Morgan fingerprint density at radius 3 is 2.00 bits per heavy atom. The molecule has 1 atom stereocenters. The molecule has 0 bridgehead atoms. The zero-order valence-corrected chi connectivity index (χ0v) is 8.74. The largest absolute Gasteiger partial charge is 0.504 e. The molecule has 0 amide bonds. The van der Waals surface area contributed by atoms with Gasteiger partial charge in [0.05, 0.1) is 0 Å². The van der Waals surface area contributed by atoms with E-state index in [1.807, 2.05) is 0 Å². The van der Waals surface area contributed by atoms with Gasteiger partial charge in [-0.3, -0.25) is 0 Å². The van der Waals surface area contributed by atoms with Gasteiger partial charge in [0, 0.05) is 12.6 Å². The number of benzene rings is 1. The van der Waals surface area contributed by atoms with Crippen molar-refractivity contribution in [2.45, 2.75) is 12.5 Å². The van der Waals surface area contributed by atoms with Gasteiger partial charge in [-0.05, 0) is 24.1 Å². The second-order valence-corrected chi connectivity index (χ2v) is 3.03. The molecule has 0 spiro atoms. The van der Waals surface area contributed by atoms with E-state index in [-0.39, 0.29) is 19.0 Å². The van der Waals surface area contributed by atoms with E-state index in [2.05, 4.69) is 0 Å². The van der Waals surface area contributed by atoms with Crippen molar-refractivity contribution < 1.29 is 20.4 Å². The first kappa shape index (κ1) is 13.8. The number of nitrogens with two attached hydrogens (primary N) is 1. The number of hydrogen-bond donors (Lipinski definition) is 5. The van der Waals surface area contributed by atoms with Gasteiger partial charge >= 0.3 is 0 Å². The molecular weight excluding hydrogens is 222 g/mol. The minimum atomic E-state index is -0.565. The van der Waals surface area contributed by atoms with Crippen LogP contribution in [0.4, 0.5) is 0 Å². The molecule has 0 fully saturated rings. The Bertz CT molecular complexity index is 309. The molecule has 0 radical (unpaired) electrons. The lowest BCUT2D eigenvalue weighted by Gasteiger charge is -2.11. The van der Waals surface area contributed by atoms with Crippen molar-refractivity contribution in [2.75, 3.05) is 6.61 Å². The lowest BCUT2D eigenvalue weighted by molar-refractivity contribution is 0.276. The van der Waals surface area contributed by atoms with E-state index in [0.717, 1.165) is 0 Å². The standard InChI is InChI=1S/C9H13NO4.ClH/c10-6(1-2-11)5-3-7(12)9(14)8(13)4-5;/h3-4,6,11-14H,1-2,10H2;1H. The van der Waals surface area contributed by atoms with Gasteiger partial charge in [-0.25, -0.2) is 0 Å². The Hall–Kier alpha value is -1.17. The van der Waals surface area contributed by atoms with E-state index in [1.165, 1.54) is 12.1 Å². The van der Waals surface area contributed by atoms with E-state index in [4.69, 9.17) is 26.2 Å². The van der Waals surface area contributed by atoms with Crippen LogP contribution in [0.2, 0.25) is 0 Å². The van der Waals surface area contributed by atoms with Crippen molar-refractivity contribution in [2.24, 2.45) is 5.73 Å². The fraction of sp³-hybridized carbons (Fsp3) is 0.333. The smallest absolute Gasteiger partial charge is 0.200 e. The number of aliphatic hydroxyl groups is 1. The van der Waals surface area contributed by atoms with Gasteiger partial charge < -0.3 is 26.2 Å². The Balaban J connectivity index is 0.00000196. The Morgan fingerprint density at radius 2 is 1.60 bits per heavy atom. The molecular formula is C9H14ClNO4. The molecule has 0 saturated carbocycles. The SMILES string of the molecule is Cl.NC(CCO)c1cc(O)c(O)c(O)c1. The third-order valence-corrected chi connectivity index (χ3v) is 1.96. The van der Waals surface area contributed by atoms with E-state index in [0.29, 0.717) is 12.0 Å². The molecule has 1 unspecified atom stereocenters. The van der Waals surface area contributed by atoms with Crippen molar-refractivity contribution in [1.82, 2.24) is 0 Å². The van der Waals surface area contributed by atoms with Crippen LogP contribution in [0.25, 0.3) is 0 Å². The molecule has 0 heterocycles. The minimum absolute atomic E-state index is 0. The van der Waals surface area contributed by atoms with Gasteiger partial charge in [-0.15, -0.1) is 12.4 Å². The first-order valence-electron chi connectivity index (χ1n) is 4.17. The van der Waals surface area contributed by atoms with E-state index in [9.17, 15) is 0 Å². The van der Waals surface area contributed by atoms with Gasteiger partial charge in [0.25, 0.3) is 0 Å². The summed E-state index contributed by atoms with van der Waals surface area (Å²) in [6, 6.07) is 2.04. The zero-order chi connectivity index (χ0) is 10.7. The van der Waals surface area contributed by atoms with Crippen LogP contribution in [0, 0.1) is 0 Å². The van der Waals surface area contributed by atoms with Crippen LogP contribution in [0.5, 0.6) is 17.2 Å². The number of aliphatic hydroxyl groups excluding tert-OH is 1. The highest BCUT2D eigenvalue weighted by atomic mass is 35.5. The van der Waals surface area contributed by atoms with Crippen LogP contribution >= 0.6 is 12.4 Å². The maximum atomic E-state index is 9.17. The van der Waals surface area contributed by atoms with E-state index < -0.39 is 23.3 Å². The number of phenolic OH excluding ortho intramolecular Hbond substituents is 3. The second kappa shape index (κ2) is 5.65. The monoisotopic (exact) mass is 235 g/mol. The molecule has 6 N–H and O–H groups in total. The van der Waals surface area contributed by atoms with Gasteiger partial charge in [-0.2, -0.15) is 0 Å². The normalized spacial score (nSPS) is 11.9. The van der Waals surface area contributed by atoms with Crippen molar-refractivity contribution in [3.63, 3.8) is 0 Å². The number of rotatable bonds is 3. The average Bonchev–Trinajstić information content (AvgIpc) is 2.13. The molecule has 0 aliphatic carbocycles. The molecule has 0 aliphatic heterocycles. The van der Waals surface area contributed by atoms with Gasteiger partial charge in [0.1, 0.15) is 0 Å². The zero-order valence-electron chi connectivity index (χ0n) is 7.92. The summed E-state index contributed by atoms with van der Waals surface area (Å²) >= 11 is 0. The lowest BCUT2D eigenvalue weighted by Crippen LogP contribution is -2.11. The van der Waals surface area contributed by atoms with Crippen LogP contribution in [-0.2, 0) is 0 Å². The van der Waals surface area contributed by atoms with Crippen molar-refractivity contribution in [3.05, 3.63) is 17.7 Å². The van der Waals surface area contributed by atoms with Gasteiger partial charge in [0.2, 0.25) is 0 Å². The Labute approximate surface area is 93.2 Å². The number of phenols is 3. The first-order valence-corrected chi connectivity index (χ1v) is 4.17. The Morgan fingerprint density at radius 1 is 1.13 bits per heavy atom. The predicted octanol–water partition coefficient (Wildman–Crippen LogP) is 0.607. The molecule has 5 nitrogen and oxygen atoms in total. The summed E-state index contributed by atoms with van der Waals surface area (Å²) in [5.41, 5.74) is 6.09. The lowest BCUT2D eigenvalue weighted by atomic mass is 10.0. The van der Waals surface area contributed by atoms with E-state index >= 15 is 0 Å². The number of hydrogen-bond acceptors (Lipinski definition) is 5. The summed E-state index contributed by atoms with van der Waals surface area (Å²) in [6.07, 6.45) is 0.323. The summed E-state index contributed by atoms with van der Waals surface area (Å²) in [5.74, 6) is -1.41. The summed E-state index contributed by atoms with van der Waals surface area (Å²) in [7, 11) is 0. The molecule has 6 heteroatoms. The summed E-state index contributed by atoms with van der Waals surface area (Å²) in [4.78, 5) is 0. The summed E-state index contributed by atoms with van der Waals surface area (Å²) in [5, 5.41) is 36.0. The van der Waals surface area contributed by atoms with Gasteiger partial charge in [-0.1, -0.05) is 0 Å².